The predicted molar refractivity (Wildman–Crippen MR) is 78.5 cm³/mol. The summed E-state index contributed by atoms with van der Waals surface area (Å²) in [5.74, 6) is 1.97. The number of nitriles is 1. The monoisotopic (exact) mass is 274 g/mol. The number of aromatic nitrogens is 2. The van der Waals surface area contributed by atoms with Gasteiger partial charge in [0, 0.05) is 26.2 Å². The van der Waals surface area contributed by atoms with Crippen LogP contribution in [0.1, 0.15) is 31.4 Å². The summed E-state index contributed by atoms with van der Waals surface area (Å²) in [6.45, 7) is 5.94. The summed E-state index contributed by atoms with van der Waals surface area (Å²) >= 11 is 0. The van der Waals surface area contributed by atoms with Crippen molar-refractivity contribution in [3.8, 4) is 6.07 Å². The first-order valence-electron chi connectivity index (χ1n) is 7.33. The molecule has 1 atom stereocenters. The summed E-state index contributed by atoms with van der Waals surface area (Å²) in [4.78, 5) is 4.47. The van der Waals surface area contributed by atoms with Crippen LogP contribution in [-0.4, -0.2) is 47.9 Å². The standard InChI is InChI=1S/C14H22N6/c1-10(11-3-4-11)20-13(16)12(9-15)14(17-20)19-7-5-18(2)6-8-19/h10-11H,3-8,16H2,1-2H3. The van der Waals surface area contributed by atoms with Crippen LogP contribution < -0.4 is 10.6 Å². The molecule has 1 unspecified atom stereocenters. The molecule has 1 saturated heterocycles. The summed E-state index contributed by atoms with van der Waals surface area (Å²) in [5.41, 5.74) is 6.70. The lowest BCUT2D eigenvalue weighted by molar-refractivity contribution is 0.311. The first-order chi connectivity index (χ1) is 9.61. The van der Waals surface area contributed by atoms with Crippen molar-refractivity contribution in [1.29, 1.82) is 5.26 Å². The fourth-order valence-electron chi connectivity index (χ4n) is 2.87. The first-order valence-corrected chi connectivity index (χ1v) is 7.33. The van der Waals surface area contributed by atoms with Gasteiger partial charge in [-0.05, 0) is 32.7 Å². The maximum Gasteiger partial charge on any atom is 0.171 e. The van der Waals surface area contributed by atoms with Gasteiger partial charge in [-0.1, -0.05) is 0 Å². The fraction of sp³-hybridized carbons (Fsp3) is 0.714. The molecular formula is C14H22N6. The van der Waals surface area contributed by atoms with Crippen molar-refractivity contribution in [2.75, 3.05) is 43.9 Å². The molecule has 0 spiro atoms. The third-order valence-electron chi connectivity index (χ3n) is 4.53. The van der Waals surface area contributed by atoms with Gasteiger partial charge in [0.1, 0.15) is 17.5 Å². The normalized spacial score (nSPS) is 21.8. The van der Waals surface area contributed by atoms with Crippen LogP contribution in [0.4, 0.5) is 11.6 Å². The van der Waals surface area contributed by atoms with Crippen LogP contribution in [-0.2, 0) is 0 Å². The van der Waals surface area contributed by atoms with Gasteiger partial charge >= 0.3 is 0 Å². The van der Waals surface area contributed by atoms with Crippen molar-refractivity contribution in [1.82, 2.24) is 14.7 Å². The molecule has 0 aromatic carbocycles. The summed E-state index contributed by atoms with van der Waals surface area (Å²) in [7, 11) is 2.12. The molecule has 2 fully saturated rings. The molecule has 0 amide bonds. The quantitative estimate of drug-likeness (QED) is 0.892. The molecule has 2 aliphatic rings. The molecule has 3 rings (SSSR count). The van der Waals surface area contributed by atoms with E-state index in [0.717, 1.165) is 32.0 Å². The third-order valence-corrected chi connectivity index (χ3v) is 4.53. The van der Waals surface area contributed by atoms with Gasteiger partial charge < -0.3 is 15.5 Å². The number of nitrogen functional groups attached to an aromatic ring is 1. The molecule has 6 nitrogen and oxygen atoms in total. The number of hydrogen-bond donors (Lipinski definition) is 1. The minimum Gasteiger partial charge on any atom is -0.383 e. The highest BCUT2D eigenvalue weighted by Gasteiger charge is 2.33. The topological polar surface area (TPSA) is 74.1 Å². The number of anilines is 2. The van der Waals surface area contributed by atoms with E-state index in [2.05, 4.69) is 34.9 Å². The summed E-state index contributed by atoms with van der Waals surface area (Å²) in [5, 5.41) is 14.1. The van der Waals surface area contributed by atoms with Gasteiger partial charge in [-0.2, -0.15) is 10.4 Å². The zero-order valence-corrected chi connectivity index (χ0v) is 12.2. The first kappa shape index (κ1) is 13.3. The summed E-state index contributed by atoms with van der Waals surface area (Å²) < 4.78 is 1.86. The molecule has 1 aliphatic heterocycles. The van der Waals surface area contributed by atoms with Crippen LogP contribution >= 0.6 is 0 Å². The average Bonchev–Trinajstić information content (AvgIpc) is 3.23. The number of nitrogens with zero attached hydrogens (tertiary/aromatic N) is 5. The van der Waals surface area contributed by atoms with Crippen molar-refractivity contribution in [2.24, 2.45) is 5.92 Å². The second-order valence-corrected chi connectivity index (χ2v) is 6.01. The minimum atomic E-state index is 0.295. The summed E-state index contributed by atoms with van der Waals surface area (Å²) in [6.07, 6.45) is 2.48. The Labute approximate surface area is 119 Å². The molecule has 1 saturated carbocycles. The van der Waals surface area contributed by atoms with E-state index in [1.807, 2.05) is 4.68 Å². The highest BCUT2D eigenvalue weighted by molar-refractivity contribution is 5.65. The zero-order valence-electron chi connectivity index (χ0n) is 12.2. The number of nitrogens with two attached hydrogens (primary N) is 1. The maximum atomic E-state index is 9.41. The Morgan fingerprint density at radius 1 is 1.30 bits per heavy atom. The second-order valence-electron chi connectivity index (χ2n) is 6.01. The van der Waals surface area contributed by atoms with Crippen LogP contribution in [0, 0.1) is 17.2 Å². The van der Waals surface area contributed by atoms with Crippen LogP contribution in [0.2, 0.25) is 0 Å². The molecule has 0 radical (unpaired) electrons. The molecule has 20 heavy (non-hydrogen) atoms. The van der Waals surface area contributed by atoms with Gasteiger partial charge in [0.25, 0.3) is 0 Å². The Morgan fingerprint density at radius 3 is 2.50 bits per heavy atom. The van der Waals surface area contributed by atoms with E-state index in [1.165, 1.54) is 12.8 Å². The average molecular weight is 274 g/mol. The lowest BCUT2D eigenvalue weighted by Gasteiger charge is -2.32. The lowest BCUT2D eigenvalue weighted by Crippen LogP contribution is -2.45. The van der Waals surface area contributed by atoms with Gasteiger partial charge in [-0.25, -0.2) is 4.68 Å². The molecular weight excluding hydrogens is 252 g/mol. The van der Waals surface area contributed by atoms with E-state index >= 15 is 0 Å². The maximum absolute atomic E-state index is 9.41. The molecule has 1 aromatic heterocycles. The van der Waals surface area contributed by atoms with Crippen molar-refractivity contribution >= 4 is 11.6 Å². The van der Waals surface area contributed by atoms with Gasteiger partial charge in [-0.3, -0.25) is 0 Å². The van der Waals surface area contributed by atoms with Gasteiger partial charge in [0.05, 0.1) is 6.04 Å². The summed E-state index contributed by atoms with van der Waals surface area (Å²) in [6, 6.07) is 2.54. The van der Waals surface area contributed by atoms with Gasteiger partial charge in [0.15, 0.2) is 5.82 Å². The van der Waals surface area contributed by atoms with Crippen LogP contribution in [0.3, 0.4) is 0 Å². The molecule has 6 heteroatoms. The fourth-order valence-corrected chi connectivity index (χ4v) is 2.87. The number of likely N-dealkylation sites (N-methyl/N-ethyl adjacent to an activating group) is 1. The molecule has 108 valence electrons. The van der Waals surface area contributed by atoms with Crippen LogP contribution in [0.5, 0.6) is 0 Å². The van der Waals surface area contributed by atoms with E-state index in [9.17, 15) is 5.26 Å². The molecule has 2 heterocycles. The SMILES string of the molecule is CC(C1CC1)n1nc(N2CCN(C)CC2)c(C#N)c1N. The largest absolute Gasteiger partial charge is 0.383 e. The second kappa shape index (κ2) is 4.98. The van der Waals surface area contributed by atoms with Crippen molar-refractivity contribution in [3.05, 3.63) is 5.56 Å². The van der Waals surface area contributed by atoms with E-state index in [1.54, 1.807) is 0 Å². The molecule has 1 aliphatic carbocycles. The lowest BCUT2D eigenvalue weighted by atomic mass is 10.2. The molecule has 0 bridgehead atoms. The number of piperazine rings is 1. The van der Waals surface area contributed by atoms with Crippen LogP contribution in [0.25, 0.3) is 0 Å². The third kappa shape index (κ3) is 2.22. The Bertz CT molecular complexity index is 531. The van der Waals surface area contributed by atoms with Crippen molar-refractivity contribution in [2.45, 2.75) is 25.8 Å². The van der Waals surface area contributed by atoms with Gasteiger partial charge in [0.2, 0.25) is 0 Å². The van der Waals surface area contributed by atoms with Crippen LogP contribution in [0.15, 0.2) is 0 Å². The van der Waals surface area contributed by atoms with Gasteiger partial charge in [-0.15, -0.1) is 0 Å². The molecule has 2 N–H and O–H groups in total. The Hall–Kier alpha value is -1.74. The Kier molecular flexibility index (Phi) is 3.30. The van der Waals surface area contributed by atoms with Crippen molar-refractivity contribution < 1.29 is 0 Å². The number of hydrogen-bond acceptors (Lipinski definition) is 5. The minimum absolute atomic E-state index is 0.295. The number of rotatable bonds is 3. The Balaban J connectivity index is 1.90. The Morgan fingerprint density at radius 2 is 1.95 bits per heavy atom. The van der Waals surface area contributed by atoms with E-state index in [4.69, 9.17) is 5.73 Å². The predicted octanol–water partition coefficient (Wildman–Crippen LogP) is 1.06. The van der Waals surface area contributed by atoms with E-state index in [-0.39, 0.29) is 0 Å². The van der Waals surface area contributed by atoms with Crippen molar-refractivity contribution in [3.63, 3.8) is 0 Å². The highest BCUT2D eigenvalue weighted by atomic mass is 15.4. The highest BCUT2D eigenvalue weighted by Crippen LogP contribution is 2.41. The van der Waals surface area contributed by atoms with E-state index < -0.39 is 0 Å². The smallest absolute Gasteiger partial charge is 0.171 e. The zero-order chi connectivity index (χ0) is 14.3. The molecule has 1 aromatic rings. The van der Waals surface area contributed by atoms with E-state index in [0.29, 0.717) is 23.3 Å².